The summed E-state index contributed by atoms with van der Waals surface area (Å²) < 4.78 is 4.33. The number of nitrogens with one attached hydrogen (secondary N) is 1. The van der Waals surface area contributed by atoms with Crippen LogP contribution in [0.3, 0.4) is 0 Å². The molecule has 2 aromatic rings. The molecule has 5 nitrogen and oxygen atoms in total. The van der Waals surface area contributed by atoms with Crippen molar-refractivity contribution in [3.05, 3.63) is 41.2 Å². The Morgan fingerprint density at radius 1 is 1.30 bits per heavy atom. The van der Waals surface area contributed by atoms with Crippen molar-refractivity contribution in [1.29, 1.82) is 0 Å². The lowest BCUT2D eigenvalue weighted by atomic mass is 9.96. The Kier molecular flexibility index (Phi) is 4.04. The summed E-state index contributed by atoms with van der Waals surface area (Å²) in [4.78, 5) is 15.2. The Balaban J connectivity index is 1.98. The fourth-order valence-corrected chi connectivity index (χ4v) is 2.29. The number of rotatable bonds is 4. The summed E-state index contributed by atoms with van der Waals surface area (Å²) in [6.07, 6.45) is 0. The zero-order valence-electron chi connectivity index (χ0n) is 11.7. The average Bonchev–Trinajstić information content (AvgIpc) is 2.85. The van der Waals surface area contributed by atoms with Gasteiger partial charge in [-0.05, 0) is 17.7 Å². The third kappa shape index (κ3) is 3.54. The van der Waals surface area contributed by atoms with Crippen LogP contribution in [-0.2, 0) is 12.0 Å². The molecule has 0 saturated heterocycles. The number of anilines is 1. The number of carbonyl (C=O) groups is 1. The molecule has 6 heteroatoms. The van der Waals surface area contributed by atoms with E-state index in [4.69, 9.17) is 5.11 Å². The van der Waals surface area contributed by atoms with Gasteiger partial charge in [-0.2, -0.15) is 4.37 Å². The number of aromatic nitrogens is 2. The highest BCUT2D eigenvalue weighted by Gasteiger charge is 2.19. The Bertz CT molecular complexity index is 600. The quantitative estimate of drug-likeness (QED) is 0.905. The van der Waals surface area contributed by atoms with Crippen LogP contribution in [0.15, 0.2) is 24.3 Å². The molecule has 2 rings (SSSR count). The molecule has 0 amide bonds. The van der Waals surface area contributed by atoms with E-state index in [1.807, 2.05) is 0 Å². The van der Waals surface area contributed by atoms with E-state index in [0.29, 0.717) is 12.1 Å². The van der Waals surface area contributed by atoms with Gasteiger partial charge in [0.05, 0.1) is 5.56 Å². The van der Waals surface area contributed by atoms with Gasteiger partial charge in [0.15, 0.2) is 0 Å². The molecule has 20 heavy (non-hydrogen) atoms. The van der Waals surface area contributed by atoms with Gasteiger partial charge < -0.3 is 10.4 Å². The van der Waals surface area contributed by atoms with Gasteiger partial charge >= 0.3 is 5.97 Å². The maximum Gasteiger partial charge on any atom is 0.335 e. The van der Waals surface area contributed by atoms with Gasteiger partial charge in [0.2, 0.25) is 5.13 Å². The van der Waals surface area contributed by atoms with Gasteiger partial charge in [0, 0.05) is 23.5 Å². The van der Waals surface area contributed by atoms with Crippen molar-refractivity contribution in [3.8, 4) is 0 Å². The molecule has 0 aliphatic carbocycles. The SMILES string of the molecule is CC(C)(C)c1nsc(NCc2ccc(C(=O)O)cc2)n1. The highest BCUT2D eigenvalue weighted by Crippen LogP contribution is 2.23. The Labute approximate surface area is 121 Å². The fraction of sp³-hybridized carbons (Fsp3) is 0.357. The Morgan fingerprint density at radius 3 is 2.45 bits per heavy atom. The van der Waals surface area contributed by atoms with Crippen LogP contribution >= 0.6 is 11.5 Å². The lowest BCUT2D eigenvalue weighted by Crippen LogP contribution is -2.13. The molecule has 0 fully saturated rings. The summed E-state index contributed by atoms with van der Waals surface area (Å²) in [5.74, 6) is -0.0883. The van der Waals surface area contributed by atoms with Crippen LogP contribution in [-0.4, -0.2) is 20.4 Å². The summed E-state index contributed by atoms with van der Waals surface area (Å²) in [6, 6.07) is 6.78. The van der Waals surface area contributed by atoms with E-state index in [1.54, 1.807) is 24.3 Å². The molecular formula is C14H17N3O2S. The van der Waals surface area contributed by atoms with Crippen LogP contribution in [0, 0.1) is 0 Å². The van der Waals surface area contributed by atoms with E-state index in [2.05, 4.69) is 35.4 Å². The number of aromatic carboxylic acids is 1. The van der Waals surface area contributed by atoms with E-state index >= 15 is 0 Å². The van der Waals surface area contributed by atoms with E-state index in [0.717, 1.165) is 16.5 Å². The summed E-state index contributed by atoms with van der Waals surface area (Å²) in [6.45, 7) is 6.81. The molecule has 0 radical (unpaired) electrons. The second-order valence-corrected chi connectivity index (χ2v) is 6.28. The van der Waals surface area contributed by atoms with Gasteiger partial charge in [-0.15, -0.1) is 0 Å². The van der Waals surface area contributed by atoms with Crippen LogP contribution in [0.2, 0.25) is 0 Å². The molecule has 106 valence electrons. The van der Waals surface area contributed by atoms with Gasteiger partial charge in [-0.3, -0.25) is 0 Å². The molecular weight excluding hydrogens is 274 g/mol. The molecule has 1 aromatic heterocycles. The first-order chi connectivity index (χ1) is 9.36. The highest BCUT2D eigenvalue weighted by atomic mass is 32.1. The molecule has 0 aliphatic heterocycles. The van der Waals surface area contributed by atoms with E-state index in [-0.39, 0.29) is 5.41 Å². The Morgan fingerprint density at radius 2 is 1.95 bits per heavy atom. The van der Waals surface area contributed by atoms with Crippen LogP contribution < -0.4 is 5.32 Å². The van der Waals surface area contributed by atoms with E-state index in [1.165, 1.54) is 11.5 Å². The molecule has 1 aromatic carbocycles. The molecule has 0 unspecified atom stereocenters. The normalized spacial score (nSPS) is 11.3. The largest absolute Gasteiger partial charge is 0.478 e. The number of carboxylic acids is 1. The van der Waals surface area contributed by atoms with Gasteiger partial charge in [-0.1, -0.05) is 32.9 Å². The van der Waals surface area contributed by atoms with E-state index < -0.39 is 5.97 Å². The Hall–Kier alpha value is -1.95. The van der Waals surface area contributed by atoms with Crippen molar-refractivity contribution >= 4 is 22.6 Å². The van der Waals surface area contributed by atoms with Crippen molar-refractivity contribution in [2.75, 3.05) is 5.32 Å². The van der Waals surface area contributed by atoms with Crippen molar-refractivity contribution < 1.29 is 9.90 Å². The van der Waals surface area contributed by atoms with Crippen LogP contribution in [0.1, 0.15) is 42.5 Å². The lowest BCUT2D eigenvalue weighted by molar-refractivity contribution is 0.0697. The summed E-state index contributed by atoms with van der Waals surface area (Å²) in [7, 11) is 0. The maximum absolute atomic E-state index is 10.8. The first-order valence-electron chi connectivity index (χ1n) is 6.26. The lowest BCUT2D eigenvalue weighted by Gasteiger charge is -2.12. The molecule has 0 atom stereocenters. The third-order valence-electron chi connectivity index (χ3n) is 2.74. The summed E-state index contributed by atoms with van der Waals surface area (Å²) >= 11 is 1.34. The van der Waals surface area contributed by atoms with Crippen LogP contribution in [0.5, 0.6) is 0 Å². The van der Waals surface area contributed by atoms with Crippen molar-refractivity contribution in [3.63, 3.8) is 0 Å². The highest BCUT2D eigenvalue weighted by molar-refractivity contribution is 7.09. The monoisotopic (exact) mass is 291 g/mol. The first-order valence-corrected chi connectivity index (χ1v) is 7.04. The van der Waals surface area contributed by atoms with Crippen molar-refractivity contribution in [2.24, 2.45) is 0 Å². The number of hydrogen-bond donors (Lipinski definition) is 2. The molecule has 0 saturated carbocycles. The topological polar surface area (TPSA) is 75.1 Å². The minimum absolute atomic E-state index is 0.0560. The first kappa shape index (κ1) is 14.5. The standard InChI is InChI=1S/C14H17N3O2S/c1-14(2,3)12-16-13(20-17-12)15-8-9-4-6-10(7-5-9)11(18)19/h4-7H,8H2,1-3H3,(H,18,19)(H,15,16,17). The van der Waals surface area contributed by atoms with E-state index in [9.17, 15) is 4.79 Å². The number of benzene rings is 1. The van der Waals surface area contributed by atoms with Crippen LogP contribution in [0.4, 0.5) is 5.13 Å². The van der Waals surface area contributed by atoms with Crippen LogP contribution in [0.25, 0.3) is 0 Å². The molecule has 1 heterocycles. The molecule has 2 N–H and O–H groups in total. The van der Waals surface area contributed by atoms with Gasteiger partial charge in [-0.25, -0.2) is 9.78 Å². The predicted molar refractivity (Wildman–Crippen MR) is 79.3 cm³/mol. The molecule has 0 bridgehead atoms. The number of hydrogen-bond acceptors (Lipinski definition) is 5. The summed E-state index contributed by atoms with van der Waals surface area (Å²) in [5, 5.41) is 12.8. The van der Waals surface area contributed by atoms with Gasteiger partial charge in [0.1, 0.15) is 5.82 Å². The number of nitrogens with zero attached hydrogens (tertiary/aromatic N) is 2. The second kappa shape index (κ2) is 5.58. The van der Waals surface area contributed by atoms with Gasteiger partial charge in [0.25, 0.3) is 0 Å². The minimum Gasteiger partial charge on any atom is -0.478 e. The minimum atomic E-state index is -0.913. The molecule has 0 aliphatic rings. The summed E-state index contributed by atoms with van der Waals surface area (Å²) in [5.41, 5.74) is 1.24. The maximum atomic E-state index is 10.8. The third-order valence-corrected chi connectivity index (χ3v) is 3.41. The zero-order valence-corrected chi connectivity index (χ0v) is 12.5. The fourth-order valence-electron chi connectivity index (χ4n) is 1.54. The van der Waals surface area contributed by atoms with Crippen molar-refractivity contribution in [1.82, 2.24) is 9.36 Å². The zero-order chi connectivity index (χ0) is 14.8. The predicted octanol–water partition coefficient (Wildman–Crippen LogP) is 3.15. The smallest absolute Gasteiger partial charge is 0.335 e. The number of carboxylic acid groups (broad SMARTS) is 1. The van der Waals surface area contributed by atoms with Crippen molar-refractivity contribution in [2.45, 2.75) is 32.7 Å². The second-order valence-electron chi connectivity index (χ2n) is 5.53. The molecule has 0 spiro atoms. The average molecular weight is 291 g/mol.